The molecule has 1 unspecified atom stereocenters. The van der Waals surface area contributed by atoms with Crippen LogP contribution in [0.3, 0.4) is 0 Å². The van der Waals surface area contributed by atoms with Crippen LogP contribution in [0.4, 0.5) is 0 Å². The molecule has 0 aliphatic carbocycles. The Hall–Kier alpha value is -1.94. The number of benzene rings is 1. The van der Waals surface area contributed by atoms with Gasteiger partial charge >= 0.3 is 0 Å². The molecule has 2 aromatic rings. The third-order valence-corrected chi connectivity index (χ3v) is 2.88. The third kappa shape index (κ3) is 1.41. The highest BCUT2D eigenvalue weighted by molar-refractivity contribution is 5.88. The first-order valence-corrected chi connectivity index (χ1v) is 5.33. The van der Waals surface area contributed by atoms with Gasteiger partial charge in [-0.1, -0.05) is 0 Å². The zero-order chi connectivity index (χ0) is 12.0. The molecule has 0 bridgehead atoms. The van der Waals surface area contributed by atoms with Crippen LogP contribution in [-0.2, 0) is 0 Å². The summed E-state index contributed by atoms with van der Waals surface area (Å²) in [5.74, 6) is 1.84. The standard InChI is InChI=1S/C13H12O4/c1-7-5-9(14)12-11(17-7)6-10-8(3-4-16-10)13(12)15-2/h3-6,9,14H,1-2H3. The van der Waals surface area contributed by atoms with Crippen LogP contribution in [0.1, 0.15) is 18.6 Å². The minimum atomic E-state index is -0.715. The van der Waals surface area contributed by atoms with Crippen molar-refractivity contribution in [2.24, 2.45) is 0 Å². The number of furan rings is 1. The van der Waals surface area contributed by atoms with E-state index in [0.717, 1.165) is 5.39 Å². The Morgan fingerprint density at radius 2 is 2.24 bits per heavy atom. The summed E-state index contributed by atoms with van der Waals surface area (Å²) in [6.45, 7) is 1.80. The molecule has 0 amide bonds. The van der Waals surface area contributed by atoms with Gasteiger partial charge in [0.15, 0.2) is 0 Å². The van der Waals surface area contributed by atoms with Gasteiger partial charge in [0.1, 0.15) is 23.2 Å². The molecule has 0 spiro atoms. The lowest BCUT2D eigenvalue weighted by Crippen LogP contribution is -2.09. The lowest BCUT2D eigenvalue weighted by atomic mass is 10.0. The van der Waals surface area contributed by atoms with Crippen molar-refractivity contribution < 1.29 is 19.0 Å². The molecular weight excluding hydrogens is 220 g/mol. The summed E-state index contributed by atoms with van der Waals surface area (Å²) in [5, 5.41) is 10.9. The molecule has 2 heterocycles. The van der Waals surface area contributed by atoms with E-state index in [0.29, 0.717) is 28.4 Å². The van der Waals surface area contributed by atoms with Gasteiger partial charge in [-0.05, 0) is 19.1 Å². The van der Waals surface area contributed by atoms with Gasteiger partial charge in [0.05, 0.1) is 30.1 Å². The number of rotatable bonds is 1. The first-order valence-electron chi connectivity index (χ1n) is 5.33. The van der Waals surface area contributed by atoms with Crippen molar-refractivity contribution in [3.05, 3.63) is 35.8 Å². The fourth-order valence-corrected chi connectivity index (χ4v) is 2.17. The number of methoxy groups -OCH3 is 1. The molecule has 88 valence electrons. The van der Waals surface area contributed by atoms with Crippen molar-refractivity contribution in [3.63, 3.8) is 0 Å². The average Bonchev–Trinajstić information content (AvgIpc) is 2.73. The van der Waals surface area contributed by atoms with Gasteiger partial charge in [-0.25, -0.2) is 0 Å². The highest BCUT2D eigenvalue weighted by Gasteiger charge is 2.25. The van der Waals surface area contributed by atoms with Crippen LogP contribution in [-0.4, -0.2) is 12.2 Å². The van der Waals surface area contributed by atoms with Gasteiger partial charge in [0, 0.05) is 6.07 Å². The van der Waals surface area contributed by atoms with Crippen LogP contribution in [0, 0.1) is 0 Å². The molecule has 0 radical (unpaired) electrons. The minimum Gasteiger partial charge on any atom is -0.495 e. The van der Waals surface area contributed by atoms with E-state index < -0.39 is 6.10 Å². The molecule has 1 aliphatic heterocycles. The van der Waals surface area contributed by atoms with E-state index in [-0.39, 0.29) is 0 Å². The van der Waals surface area contributed by atoms with E-state index >= 15 is 0 Å². The quantitative estimate of drug-likeness (QED) is 0.821. The predicted molar refractivity (Wildman–Crippen MR) is 62.1 cm³/mol. The Bertz CT molecular complexity index is 609. The van der Waals surface area contributed by atoms with Gasteiger partial charge < -0.3 is 19.0 Å². The second-order valence-corrected chi connectivity index (χ2v) is 3.98. The van der Waals surface area contributed by atoms with Crippen molar-refractivity contribution >= 4 is 11.0 Å². The molecular formula is C13H12O4. The summed E-state index contributed by atoms with van der Waals surface area (Å²) in [5.41, 5.74) is 1.33. The monoisotopic (exact) mass is 232 g/mol. The predicted octanol–water partition coefficient (Wildman–Crippen LogP) is 2.77. The van der Waals surface area contributed by atoms with E-state index in [1.165, 1.54) is 0 Å². The van der Waals surface area contributed by atoms with Crippen LogP contribution < -0.4 is 9.47 Å². The fraction of sp³-hybridized carbons (Fsp3) is 0.231. The summed E-state index contributed by atoms with van der Waals surface area (Å²) < 4.78 is 16.3. The average molecular weight is 232 g/mol. The second kappa shape index (κ2) is 3.53. The van der Waals surface area contributed by atoms with E-state index in [2.05, 4.69) is 0 Å². The van der Waals surface area contributed by atoms with Gasteiger partial charge in [-0.2, -0.15) is 0 Å². The molecule has 3 rings (SSSR count). The highest BCUT2D eigenvalue weighted by atomic mass is 16.5. The van der Waals surface area contributed by atoms with Crippen LogP contribution in [0.15, 0.2) is 34.6 Å². The summed E-state index contributed by atoms with van der Waals surface area (Å²) in [6.07, 6.45) is 2.52. The maximum atomic E-state index is 10.1. The maximum absolute atomic E-state index is 10.1. The zero-order valence-corrected chi connectivity index (χ0v) is 9.56. The topological polar surface area (TPSA) is 51.8 Å². The van der Waals surface area contributed by atoms with Gasteiger partial charge in [0.25, 0.3) is 0 Å². The van der Waals surface area contributed by atoms with Crippen molar-refractivity contribution in [3.8, 4) is 11.5 Å². The van der Waals surface area contributed by atoms with Crippen molar-refractivity contribution in [1.82, 2.24) is 0 Å². The SMILES string of the molecule is COc1c2c(cc3occc13)OC(C)=CC2O. The summed E-state index contributed by atoms with van der Waals surface area (Å²) in [4.78, 5) is 0. The van der Waals surface area contributed by atoms with E-state index in [1.807, 2.05) is 6.07 Å². The highest BCUT2D eigenvalue weighted by Crippen LogP contribution is 2.44. The number of aliphatic hydroxyl groups excluding tert-OH is 1. The van der Waals surface area contributed by atoms with Crippen LogP contribution >= 0.6 is 0 Å². The van der Waals surface area contributed by atoms with Crippen LogP contribution in [0.5, 0.6) is 11.5 Å². The molecule has 0 saturated carbocycles. The Morgan fingerprint density at radius 1 is 1.41 bits per heavy atom. The number of hydrogen-bond donors (Lipinski definition) is 1. The number of fused-ring (bicyclic) bond motifs is 2. The fourth-order valence-electron chi connectivity index (χ4n) is 2.17. The lowest BCUT2D eigenvalue weighted by Gasteiger charge is -2.22. The Balaban J connectivity index is 2.34. The second-order valence-electron chi connectivity index (χ2n) is 3.98. The molecule has 4 nitrogen and oxygen atoms in total. The van der Waals surface area contributed by atoms with Crippen LogP contribution in [0.2, 0.25) is 0 Å². The molecule has 4 heteroatoms. The van der Waals surface area contributed by atoms with Crippen LogP contribution in [0.25, 0.3) is 11.0 Å². The Labute approximate surface area is 98.1 Å². The largest absolute Gasteiger partial charge is 0.495 e. The minimum absolute atomic E-state index is 0.580. The molecule has 1 aliphatic rings. The number of allylic oxidation sites excluding steroid dienone is 1. The molecule has 0 fully saturated rings. The summed E-state index contributed by atoms with van der Waals surface area (Å²) in [7, 11) is 1.57. The smallest absolute Gasteiger partial charge is 0.141 e. The number of aliphatic hydroxyl groups is 1. The molecule has 17 heavy (non-hydrogen) atoms. The van der Waals surface area contributed by atoms with Crippen molar-refractivity contribution in [1.29, 1.82) is 0 Å². The lowest BCUT2D eigenvalue weighted by molar-refractivity contribution is 0.202. The van der Waals surface area contributed by atoms with Gasteiger partial charge in [-0.15, -0.1) is 0 Å². The summed E-state index contributed by atoms with van der Waals surface area (Å²) >= 11 is 0. The molecule has 1 aromatic carbocycles. The molecule has 1 aromatic heterocycles. The van der Waals surface area contributed by atoms with Gasteiger partial charge in [0.2, 0.25) is 0 Å². The Morgan fingerprint density at radius 3 is 3.00 bits per heavy atom. The number of hydrogen-bond acceptors (Lipinski definition) is 4. The van der Waals surface area contributed by atoms with Gasteiger partial charge in [-0.3, -0.25) is 0 Å². The first-order chi connectivity index (χ1) is 8.20. The maximum Gasteiger partial charge on any atom is 0.141 e. The van der Waals surface area contributed by atoms with Crippen molar-refractivity contribution in [2.75, 3.05) is 7.11 Å². The molecule has 1 atom stereocenters. The first kappa shape index (κ1) is 10.2. The van der Waals surface area contributed by atoms with Crippen molar-refractivity contribution in [2.45, 2.75) is 13.0 Å². The molecule has 1 N–H and O–H groups in total. The normalized spacial score (nSPS) is 18.5. The number of ether oxygens (including phenoxy) is 2. The zero-order valence-electron chi connectivity index (χ0n) is 9.56. The third-order valence-electron chi connectivity index (χ3n) is 2.88. The van der Waals surface area contributed by atoms with E-state index in [4.69, 9.17) is 13.9 Å². The van der Waals surface area contributed by atoms with E-state index in [1.54, 1.807) is 32.4 Å². The Kier molecular flexibility index (Phi) is 2.12. The summed E-state index contributed by atoms with van der Waals surface area (Å²) in [6, 6.07) is 3.58. The van der Waals surface area contributed by atoms with E-state index in [9.17, 15) is 5.11 Å². The molecule has 0 saturated heterocycles.